The number of para-hydroxylation sites is 1. The van der Waals surface area contributed by atoms with Gasteiger partial charge in [0.2, 0.25) is 0 Å². The summed E-state index contributed by atoms with van der Waals surface area (Å²) in [6.07, 6.45) is -0.0430. The molecular weight excluding hydrogens is 330 g/mol. The Morgan fingerprint density at radius 1 is 1.15 bits per heavy atom. The number of carbonyl (C=O) groups is 2. The van der Waals surface area contributed by atoms with Crippen LogP contribution in [0.25, 0.3) is 0 Å². The van der Waals surface area contributed by atoms with Gasteiger partial charge in [-0.2, -0.15) is 0 Å². The second-order valence-corrected chi connectivity index (χ2v) is 6.57. The monoisotopic (exact) mass is 353 g/mol. The molecule has 0 fully saturated rings. The van der Waals surface area contributed by atoms with Crippen LogP contribution in [0.3, 0.4) is 0 Å². The zero-order chi connectivity index (χ0) is 18.7. The molecule has 26 heavy (non-hydrogen) atoms. The topological polar surface area (TPSA) is 55.8 Å². The van der Waals surface area contributed by atoms with Crippen molar-refractivity contribution in [2.75, 3.05) is 12.0 Å². The van der Waals surface area contributed by atoms with Crippen LogP contribution < -0.4 is 4.90 Å². The lowest BCUT2D eigenvalue weighted by Crippen LogP contribution is -2.43. The third-order valence-corrected chi connectivity index (χ3v) is 4.58. The Balaban J connectivity index is 1.68. The molecule has 2 aromatic rings. The number of fused-ring (bicyclic) bond motifs is 1. The van der Waals surface area contributed by atoms with Gasteiger partial charge >= 0.3 is 5.97 Å². The average Bonchev–Trinajstić information content (AvgIpc) is 2.97. The predicted octanol–water partition coefficient (Wildman–Crippen LogP) is 3.36. The molecule has 1 amide bonds. The molecule has 2 aromatic carbocycles. The summed E-state index contributed by atoms with van der Waals surface area (Å²) in [5, 5.41) is 0. The number of methoxy groups -OCH3 is 1. The number of anilines is 1. The first-order valence-corrected chi connectivity index (χ1v) is 8.71. The highest BCUT2D eigenvalue weighted by molar-refractivity contribution is 6.00. The van der Waals surface area contributed by atoms with Gasteiger partial charge in [-0.3, -0.25) is 4.79 Å². The maximum atomic E-state index is 12.9. The molecule has 0 saturated carbocycles. The molecule has 5 heteroatoms. The largest absolute Gasteiger partial charge is 0.449 e. The third-order valence-electron chi connectivity index (χ3n) is 4.58. The summed E-state index contributed by atoms with van der Waals surface area (Å²) in [4.78, 5) is 26.9. The van der Waals surface area contributed by atoms with E-state index in [9.17, 15) is 9.59 Å². The van der Waals surface area contributed by atoms with Crippen molar-refractivity contribution in [1.82, 2.24) is 0 Å². The molecule has 0 radical (unpaired) electrons. The Morgan fingerprint density at radius 2 is 1.85 bits per heavy atom. The number of rotatable bonds is 5. The second kappa shape index (κ2) is 7.70. The van der Waals surface area contributed by atoms with Crippen molar-refractivity contribution in [1.29, 1.82) is 0 Å². The van der Waals surface area contributed by atoms with Crippen LogP contribution >= 0.6 is 0 Å². The zero-order valence-corrected chi connectivity index (χ0v) is 15.3. The van der Waals surface area contributed by atoms with Gasteiger partial charge < -0.3 is 14.4 Å². The van der Waals surface area contributed by atoms with E-state index < -0.39 is 12.1 Å². The van der Waals surface area contributed by atoms with E-state index in [1.165, 1.54) is 0 Å². The van der Waals surface area contributed by atoms with Gasteiger partial charge in [-0.1, -0.05) is 30.3 Å². The molecule has 0 aliphatic carbocycles. The quantitative estimate of drug-likeness (QED) is 0.774. The molecule has 1 heterocycles. The molecule has 0 N–H and O–H groups in total. The fourth-order valence-corrected chi connectivity index (χ4v) is 3.28. The molecule has 5 nitrogen and oxygen atoms in total. The Morgan fingerprint density at radius 3 is 2.54 bits per heavy atom. The Hall–Kier alpha value is -2.66. The number of hydrogen-bond donors (Lipinski definition) is 0. The van der Waals surface area contributed by atoms with Gasteiger partial charge in [0, 0.05) is 18.8 Å². The molecule has 0 aromatic heterocycles. The standard InChI is InChI=1S/C21H23NO4/c1-14-12-18-6-4-5-7-19(18)22(14)20(23)15(2)26-21(24)17-10-8-16(9-11-17)13-25-3/h4-11,14-15H,12-13H2,1-3H3/t14-,15-/m1/s1. The van der Waals surface area contributed by atoms with E-state index in [1.807, 2.05) is 43.3 Å². The fourth-order valence-electron chi connectivity index (χ4n) is 3.28. The smallest absolute Gasteiger partial charge is 0.338 e. The number of amides is 1. The van der Waals surface area contributed by atoms with Crippen LogP contribution in [0, 0.1) is 0 Å². The van der Waals surface area contributed by atoms with E-state index in [2.05, 4.69) is 0 Å². The number of esters is 1. The molecule has 1 aliphatic heterocycles. The highest BCUT2D eigenvalue weighted by Gasteiger charge is 2.34. The lowest BCUT2D eigenvalue weighted by atomic mass is 10.1. The van der Waals surface area contributed by atoms with Crippen molar-refractivity contribution in [3.8, 4) is 0 Å². The summed E-state index contributed by atoms with van der Waals surface area (Å²) in [6.45, 7) is 4.10. The van der Waals surface area contributed by atoms with E-state index in [4.69, 9.17) is 9.47 Å². The van der Waals surface area contributed by atoms with Crippen molar-refractivity contribution in [2.24, 2.45) is 0 Å². The Kier molecular flexibility index (Phi) is 5.38. The predicted molar refractivity (Wildman–Crippen MR) is 99.1 cm³/mol. The first kappa shape index (κ1) is 18.1. The maximum Gasteiger partial charge on any atom is 0.338 e. The number of hydrogen-bond acceptors (Lipinski definition) is 4. The van der Waals surface area contributed by atoms with E-state index in [0.717, 1.165) is 23.2 Å². The van der Waals surface area contributed by atoms with E-state index in [0.29, 0.717) is 12.2 Å². The van der Waals surface area contributed by atoms with Gasteiger partial charge in [-0.05, 0) is 49.6 Å². The summed E-state index contributed by atoms with van der Waals surface area (Å²) in [7, 11) is 1.62. The minimum absolute atomic E-state index is 0.0504. The number of carbonyl (C=O) groups excluding carboxylic acids is 2. The lowest BCUT2D eigenvalue weighted by Gasteiger charge is -2.26. The molecule has 136 valence electrons. The van der Waals surface area contributed by atoms with Gasteiger partial charge in [0.15, 0.2) is 6.10 Å². The van der Waals surface area contributed by atoms with Crippen LogP contribution in [-0.2, 0) is 27.3 Å². The SMILES string of the molecule is COCc1ccc(C(=O)O[C@H](C)C(=O)N2c3ccccc3C[C@H]2C)cc1. The number of ether oxygens (including phenoxy) is 2. The minimum Gasteiger partial charge on any atom is -0.449 e. The summed E-state index contributed by atoms with van der Waals surface area (Å²) in [5.74, 6) is -0.707. The molecule has 2 atom stereocenters. The summed E-state index contributed by atoms with van der Waals surface area (Å²) < 4.78 is 10.5. The molecule has 0 spiro atoms. The molecule has 0 unspecified atom stereocenters. The third kappa shape index (κ3) is 3.63. The zero-order valence-electron chi connectivity index (χ0n) is 15.3. The second-order valence-electron chi connectivity index (χ2n) is 6.57. The highest BCUT2D eigenvalue weighted by atomic mass is 16.5. The minimum atomic E-state index is -0.852. The van der Waals surface area contributed by atoms with Gasteiger partial charge in [-0.15, -0.1) is 0 Å². The molecule has 1 aliphatic rings. The van der Waals surface area contributed by atoms with Crippen LogP contribution in [0.4, 0.5) is 5.69 Å². The molecule has 0 saturated heterocycles. The van der Waals surface area contributed by atoms with Crippen LogP contribution in [0.15, 0.2) is 48.5 Å². The fraction of sp³-hybridized carbons (Fsp3) is 0.333. The summed E-state index contributed by atoms with van der Waals surface area (Å²) in [6, 6.07) is 14.9. The number of benzene rings is 2. The first-order chi connectivity index (χ1) is 12.5. The molecule has 3 rings (SSSR count). The van der Waals surface area contributed by atoms with E-state index in [-0.39, 0.29) is 11.9 Å². The molecular formula is C21H23NO4. The van der Waals surface area contributed by atoms with Crippen LogP contribution in [0.5, 0.6) is 0 Å². The van der Waals surface area contributed by atoms with Crippen molar-refractivity contribution in [3.63, 3.8) is 0 Å². The van der Waals surface area contributed by atoms with Gasteiger partial charge in [0.25, 0.3) is 5.91 Å². The Labute approximate surface area is 153 Å². The highest BCUT2D eigenvalue weighted by Crippen LogP contribution is 2.32. The molecule has 0 bridgehead atoms. The normalized spacial score (nSPS) is 16.9. The van der Waals surface area contributed by atoms with Gasteiger partial charge in [0.1, 0.15) is 0 Å². The van der Waals surface area contributed by atoms with Gasteiger partial charge in [-0.25, -0.2) is 4.79 Å². The van der Waals surface area contributed by atoms with Crippen LogP contribution in [0.2, 0.25) is 0 Å². The van der Waals surface area contributed by atoms with Crippen LogP contribution in [-0.4, -0.2) is 31.1 Å². The van der Waals surface area contributed by atoms with Crippen molar-refractivity contribution >= 4 is 17.6 Å². The van der Waals surface area contributed by atoms with E-state index >= 15 is 0 Å². The average molecular weight is 353 g/mol. The van der Waals surface area contributed by atoms with Crippen molar-refractivity contribution in [2.45, 2.75) is 39.0 Å². The van der Waals surface area contributed by atoms with Gasteiger partial charge in [0.05, 0.1) is 12.2 Å². The summed E-state index contributed by atoms with van der Waals surface area (Å²) >= 11 is 0. The van der Waals surface area contributed by atoms with Crippen molar-refractivity contribution < 1.29 is 19.1 Å². The summed E-state index contributed by atoms with van der Waals surface area (Å²) in [5.41, 5.74) is 3.42. The van der Waals surface area contributed by atoms with Crippen LogP contribution in [0.1, 0.15) is 35.3 Å². The maximum absolute atomic E-state index is 12.9. The van der Waals surface area contributed by atoms with E-state index in [1.54, 1.807) is 31.1 Å². The number of nitrogens with zero attached hydrogens (tertiary/aromatic N) is 1. The first-order valence-electron chi connectivity index (χ1n) is 8.71. The lowest BCUT2D eigenvalue weighted by molar-refractivity contribution is -0.126. The Bertz CT molecular complexity index is 800. The van der Waals surface area contributed by atoms with Crippen molar-refractivity contribution in [3.05, 3.63) is 65.2 Å².